The van der Waals surface area contributed by atoms with Crippen molar-refractivity contribution in [3.05, 3.63) is 46.1 Å². The van der Waals surface area contributed by atoms with Gasteiger partial charge in [0.15, 0.2) is 0 Å². The molecule has 0 spiro atoms. The van der Waals surface area contributed by atoms with Gasteiger partial charge in [-0.05, 0) is 31.5 Å². The Morgan fingerprint density at radius 2 is 2.00 bits per heavy atom. The summed E-state index contributed by atoms with van der Waals surface area (Å²) < 4.78 is 1.66. The lowest BCUT2D eigenvalue weighted by molar-refractivity contribution is 0.557. The number of anilines is 1. The second-order valence-corrected chi connectivity index (χ2v) is 4.33. The molecule has 17 heavy (non-hydrogen) atoms. The lowest BCUT2D eigenvalue weighted by Gasteiger charge is -2.08. The van der Waals surface area contributed by atoms with Gasteiger partial charge in [-0.2, -0.15) is 5.10 Å². The van der Waals surface area contributed by atoms with Crippen LogP contribution in [0.2, 0.25) is 0 Å². The van der Waals surface area contributed by atoms with Crippen molar-refractivity contribution < 1.29 is 0 Å². The van der Waals surface area contributed by atoms with E-state index >= 15 is 0 Å². The molecule has 2 aromatic rings. The first-order chi connectivity index (χ1) is 8.08. The van der Waals surface area contributed by atoms with Gasteiger partial charge in [-0.25, -0.2) is 9.89 Å². The van der Waals surface area contributed by atoms with E-state index in [1.807, 2.05) is 38.1 Å². The van der Waals surface area contributed by atoms with Crippen LogP contribution in [0.15, 0.2) is 29.1 Å². The zero-order valence-corrected chi connectivity index (χ0v) is 9.97. The van der Waals surface area contributed by atoms with E-state index in [4.69, 9.17) is 5.73 Å². The van der Waals surface area contributed by atoms with Crippen LogP contribution in [0.3, 0.4) is 0 Å². The zero-order valence-electron chi connectivity index (χ0n) is 9.97. The molecule has 1 aromatic heterocycles. The molecule has 0 bridgehead atoms. The van der Waals surface area contributed by atoms with Crippen molar-refractivity contribution in [3.8, 4) is 0 Å². The minimum absolute atomic E-state index is 0.102. The Morgan fingerprint density at radius 3 is 2.59 bits per heavy atom. The number of hydrogen-bond donors (Lipinski definition) is 2. The summed E-state index contributed by atoms with van der Waals surface area (Å²) in [4.78, 5) is 11.6. The van der Waals surface area contributed by atoms with Crippen LogP contribution in [0.1, 0.15) is 31.3 Å². The summed E-state index contributed by atoms with van der Waals surface area (Å²) in [5, 5.41) is 6.53. The number of aromatic amines is 1. The minimum Gasteiger partial charge on any atom is -0.399 e. The Labute approximate surface area is 99.3 Å². The molecule has 0 saturated carbocycles. The average Bonchev–Trinajstić information content (AvgIpc) is 2.63. The lowest BCUT2D eigenvalue weighted by Crippen LogP contribution is -2.20. The topological polar surface area (TPSA) is 76.7 Å². The highest BCUT2D eigenvalue weighted by atomic mass is 16.1. The highest BCUT2D eigenvalue weighted by molar-refractivity contribution is 5.39. The van der Waals surface area contributed by atoms with Crippen LogP contribution in [0.25, 0.3) is 0 Å². The molecule has 0 aliphatic heterocycles. The van der Waals surface area contributed by atoms with Gasteiger partial charge in [-0.3, -0.25) is 4.57 Å². The maximum atomic E-state index is 11.6. The highest BCUT2D eigenvalue weighted by Crippen LogP contribution is 2.11. The Morgan fingerprint density at radius 1 is 1.35 bits per heavy atom. The van der Waals surface area contributed by atoms with Gasteiger partial charge >= 0.3 is 5.69 Å². The summed E-state index contributed by atoms with van der Waals surface area (Å²) in [7, 11) is 0. The Balaban J connectivity index is 2.30. The van der Waals surface area contributed by atoms with E-state index in [0.29, 0.717) is 6.42 Å². The molecule has 0 atom stereocenters. The summed E-state index contributed by atoms with van der Waals surface area (Å²) in [6.07, 6.45) is 0.622. The molecule has 3 N–H and O–H groups in total. The lowest BCUT2D eigenvalue weighted by atomic mass is 10.1. The molecule has 0 aliphatic carbocycles. The first-order valence-electron chi connectivity index (χ1n) is 5.58. The molecule has 0 amide bonds. The molecule has 0 fully saturated rings. The fourth-order valence-electron chi connectivity index (χ4n) is 1.81. The molecular weight excluding hydrogens is 216 g/mol. The fourth-order valence-corrected chi connectivity index (χ4v) is 1.81. The Hall–Kier alpha value is -2.04. The number of nitrogens with two attached hydrogens (primary N) is 1. The molecule has 0 aliphatic rings. The van der Waals surface area contributed by atoms with Crippen LogP contribution in [0.4, 0.5) is 5.69 Å². The van der Waals surface area contributed by atoms with Crippen LogP contribution in [-0.2, 0) is 6.42 Å². The first kappa shape index (κ1) is 11.4. The molecule has 0 radical (unpaired) electrons. The van der Waals surface area contributed by atoms with Gasteiger partial charge in [-0.1, -0.05) is 12.1 Å². The number of nitrogens with one attached hydrogen (secondary N) is 1. The van der Waals surface area contributed by atoms with Gasteiger partial charge < -0.3 is 5.73 Å². The number of nitrogens with zero attached hydrogens (tertiary/aromatic N) is 2. The quantitative estimate of drug-likeness (QED) is 0.784. The molecule has 90 valence electrons. The molecular formula is C12H16N4O. The monoisotopic (exact) mass is 232 g/mol. The van der Waals surface area contributed by atoms with E-state index in [0.717, 1.165) is 17.1 Å². The summed E-state index contributed by atoms with van der Waals surface area (Å²) in [6, 6.07) is 7.68. The van der Waals surface area contributed by atoms with Gasteiger partial charge in [-0.15, -0.1) is 0 Å². The third-order valence-corrected chi connectivity index (χ3v) is 2.64. The summed E-state index contributed by atoms with van der Waals surface area (Å²) in [5.74, 6) is 0.745. The second-order valence-electron chi connectivity index (χ2n) is 4.33. The number of benzene rings is 1. The van der Waals surface area contributed by atoms with Crippen molar-refractivity contribution in [2.24, 2.45) is 0 Å². The number of hydrogen-bond acceptors (Lipinski definition) is 3. The standard InChI is InChI=1S/C12H16N4O/c1-8(2)16-11(14-15-12(16)17)7-9-3-5-10(13)6-4-9/h3-6,8H,7,13H2,1-2H3,(H,15,17). The predicted octanol–water partition coefficient (Wildman–Crippen LogP) is 1.33. The van der Waals surface area contributed by atoms with E-state index in [9.17, 15) is 4.79 Å². The van der Waals surface area contributed by atoms with E-state index in [2.05, 4.69) is 10.2 Å². The van der Waals surface area contributed by atoms with Crippen LogP contribution in [-0.4, -0.2) is 14.8 Å². The van der Waals surface area contributed by atoms with Crippen molar-refractivity contribution in [3.63, 3.8) is 0 Å². The SMILES string of the molecule is CC(C)n1c(Cc2ccc(N)cc2)n[nH]c1=O. The number of rotatable bonds is 3. The maximum Gasteiger partial charge on any atom is 0.343 e. The Bertz CT molecular complexity index is 551. The average molecular weight is 232 g/mol. The van der Waals surface area contributed by atoms with Crippen molar-refractivity contribution >= 4 is 5.69 Å². The number of H-pyrrole nitrogens is 1. The summed E-state index contributed by atoms with van der Waals surface area (Å²) >= 11 is 0. The van der Waals surface area contributed by atoms with Crippen LogP contribution in [0, 0.1) is 0 Å². The second kappa shape index (κ2) is 4.45. The third kappa shape index (κ3) is 2.38. The van der Waals surface area contributed by atoms with Crippen molar-refractivity contribution in [2.45, 2.75) is 26.3 Å². The smallest absolute Gasteiger partial charge is 0.343 e. The van der Waals surface area contributed by atoms with E-state index in [1.165, 1.54) is 0 Å². The van der Waals surface area contributed by atoms with Crippen LogP contribution in [0.5, 0.6) is 0 Å². The largest absolute Gasteiger partial charge is 0.399 e. The van der Waals surface area contributed by atoms with Crippen molar-refractivity contribution in [1.29, 1.82) is 0 Å². The predicted molar refractivity (Wildman–Crippen MR) is 66.9 cm³/mol. The Kier molecular flexibility index (Phi) is 2.99. The highest BCUT2D eigenvalue weighted by Gasteiger charge is 2.11. The van der Waals surface area contributed by atoms with Gasteiger partial charge in [0.05, 0.1) is 0 Å². The van der Waals surface area contributed by atoms with Gasteiger partial charge in [0.1, 0.15) is 5.82 Å². The van der Waals surface area contributed by atoms with Crippen LogP contribution >= 0.6 is 0 Å². The molecule has 1 aromatic carbocycles. The molecule has 5 heteroatoms. The number of aromatic nitrogens is 3. The normalized spacial score (nSPS) is 11.0. The van der Waals surface area contributed by atoms with Crippen LogP contribution < -0.4 is 11.4 Å². The maximum absolute atomic E-state index is 11.6. The fraction of sp³-hybridized carbons (Fsp3) is 0.333. The van der Waals surface area contributed by atoms with E-state index < -0.39 is 0 Å². The van der Waals surface area contributed by atoms with Gasteiger partial charge in [0.25, 0.3) is 0 Å². The van der Waals surface area contributed by atoms with Crippen molar-refractivity contribution in [2.75, 3.05) is 5.73 Å². The van der Waals surface area contributed by atoms with Gasteiger partial charge in [0.2, 0.25) is 0 Å². The van der Waals surface area contributed by atoms with Gasteiger partial charge in [0, 0.05) is 18.2 Å². The summed E-state index contributed by atoms with van der Waals surface area (Å²) in [5.41, 5.74) is 7.28. The summed E-state index contributed by atoms with van der Waals surface area (Å²) in [6.45, 7) is 3.92. The molecule has 0 saturated heterocycles. The number of nitrogen functional groups attached to an aromatic ring is 1. The third-order valence-electron chi connectivity index (χ3n) is 2.64. The zero-order chi connectivity index (χ0) is 12.4. The van der Waals surface area contributed by atoms with Crippen molar-refractivity contribution in [1.82, 2.24) is 14.8 Å². The van der Waals surface area contributed by atoms with E-state index in [-0.39, 0.29) is 11.7 Å². The molecule has 2 rings (SSSR count). The molecule has 1 heterocycles. The minimum atomic E-state index is -0.162. The molecule has 5 nitrogen and oxygen atoms in total. The molecule has 0 unspecified atom stereocenters. The van der Waals surface area contributed by atoms with E-state index in [1.54, 1.807) is 4.57 Å². The first-order valence-corrected chi connectivity index (χ1v) is 5.58.